The zero-order valence-corrected chi connectivity index (χ0v) is 10.6. The highest BCUT2D eigenvalue weighted by atomic mass is 79.9. The molecule has 0 saturated carbocycles. The highest BCUT2D eigenvalue weighted by Crippen LogP contribution is 2.27. The van der Waals surface area contributed by atoms with Gasteiger partial charge in [0, 0.05) is 4.47 Å². The largest absolute Gasteiger partial charge is 0.388 e. The molecule has 0 radical (unpaired) electrons. The zero-order valence-electron chi connectivity index (χ0n) is 9.00. The lowest BCUT2D eigenvalue weighted by Gasteiger charge is -2.18. The molecule has 0 aliphatic heterocycles. The maximum atomic E-state index is 13.1. The van der Waals surface area contributed by atoms with Gasteiger partial charge < -0.3 is 5.11 Å². The minimum Gasteiger partial charge on any atom is -0.388 e. The summed E-state index contributed by atoms with van der Waals surface area (Å²) in [4.78, 5) is 0. The van der Waals surface area contributed by atoms with E-state index in [4.69, 9.17) is 0 Å². The Labute approximate surface area is 98.4 Å². The van der Waals surface area contributed by atoms with Crippen molar-refractivity contribution >= 4 is 15.9 Å². The van der Waals surface area contributed by atoms with Crippen molar-refractivity contribution in [1.82, 2.24) is 0 Å². The van der Waals surface area contributed by atoms with Crippen molar-refractivity contribution in [3.05, 3.63) is 34.1 Å². The Hall–Kier alpha value is -0.410. The highest BCUT2D eigenvalue weighted by molar-refractivity contribution is 9.10. The summed E-state index contributed by atoms with van der Waals surface area (Å²) < 4.78 is 13.8. The molecule has 15 heavy (non-hydrogen) atoms. The van der Waals surface area contributed by atoms with Crippen molar-refractivity contribution in [2.45, 2.75) is 32.8 Å². The lowest BCUT2D eigenvalue weighted by molar-refractivity contribution is 0.112. The molecule has 0 saturated heterocycles. The number of hydrogen-bond acceptors (Lipinski definition) is 1. The molecule has 1 nitrogen and oxygen atoms in total. The van der Waals surface area contributed by atoms with Crippen molar-refractivity contribution in [2.24, 2.45) is 5.92 Å². The van der Waals surface area contributed by atoms with E-state index < -0.39 is 6.10 Å². The maximum absolute atomic E-state index is 13.1. The van der Waals surface area contributed by atoms with Crippen LogP contribution in [0, 0.1) is 11.7 Å². The lowest BCUT2D eigenvalue weighted by Crippen LogP contribution is -2.09. The van der Waals surface area contributed by atoms with Gasteiger partial charge in [0.2, 0.25) is 0 Å². The quantitative estimate of drug-likeness (QED) is 0.878. The molecular weight excluding hydrogens is 259 g/mol. The van der Waals surface area contributed by atoms with E-state index >= 15 is 0 Å². The minimum atomic E-state index is -0.586. The molecule has 0 fully saturated rings. The van der Waals surface area contributed by atoms with Crippen LogP contribution in [0.15, 0.2) is 22.7 Å². The van der Waals surface area contributed by atoms with Crippen LogP contribution in [0.25, 0.3) is 0 Å². The topological polar surface area (TPSA) is 20.2 Å². The first-order valence-corrected chi connectivity index (χ1v) is 5.98. The van der Waals surface area contributed by atoms with E-state index in [0.29, 0.717) is 10.0 Å². The summed E-state index contributed by atoms with van der Waals surface area (Å²) in [7, 11) is 0. The van der Waals surface area contributed by atoms with Gasteiger partial charge in [0.15, 0.2) is 0 Å². The van der Waals surface area contributed by atoms with E-state index in [1.165, 1.54) is 12.1 Å². The molecule has 1 rings (SSSR count). The molecule has 0 aromatic heterocycles. The van der Waals surface area contributed by atoms with Crippen LogP contribution in [0.1, 0.15) is 38.4 Å². The van der Waals surface area contributed by atoms with Gasteiger partial charge in [-0.05, 0) is 36.1 Å². The summed E-state index contributed by atoms with van der Waals surface area (Å²) in [6.45, 7) is 4.05. The molecule has 0 aliphatic rings. The molecule has 3 heteroatoms. The molecule has 0 amide bonds. The van der Waals surface area contributed by atoms with Gasteiger partial charge in [0.25, 0.3) is 0 Å². The number of hydrogen-bond donors (Lipinski definition) is 1. The third-order valence-electron chi connectivity index (χ3n) is 2.51. The van der Waals surface area contributed by atoms with E-state index in [0.717, 1.165) is 12.8 Å². The Balaban J connectivity index is 2.85. The average Bonchev–Trinajstić information content (AvgIpc) is 2.15. The third-order valence-corrected chi connectivity index (χ3v) is 2.97. The molecule has 1 aromatic rings. The lowest BCUT2D eigenvalue weighted by atomic mass is 9.94. The summed E-state index contributed by atoms with van der Waals surface area (Å²) in [5.41, 5.74) is 0.642. The van der Waals surface area contributed by atoms with Gasteiger partial charge in [0.05, 0.1) is 6.10 Å². The maximum Gasteiger partial charge on any atom is 0.124 e. The van der Waals surface area contributed by atoms with Gasteiger partial charge in [-0.3, -0.25) is 0 Å². The van der Waals surface area contributed by atoms with Crippen molar-refractivity contribution in [3.63, 3.8) is 0 Å². The summed E-state index contributed by atoms with van der Waals surface area (Å²) >= 11 is 3.22. The summed E-state index contributed by atoms with van der Waals surface area (Å²) in [6.07, 6.45) is 1.38. The molecule has 1 aromatic carbocycles. The molecule has 0 aliphatic carbocycles. The summed E-state index contributed by atoms with van der Waals surface area (Å²) in [5.74, 6) is -0.161. The number of benzene rings is 1. The van der Waals surface area contributed by atoms with Crippen molar-refractivity contribution in [2.75, 3.05) is 0 Å². The van der Waals surface area contributed by atoms with Crippen LogP contribution < -0.4 is 0 Å². The van der Waals surface area contributed by atoms with E-state index in [-0.39, 0.29) is 11.7 Å². The molecule has 0 heterocycles. The number of rotatable bonds is 4. The smallest absolute Gasteiger partial charge is 0.124 e. The van der Waals surface area contributed by atoms with Gasteiger partial charge in [-0.15, -0.1) is 0 Å². The molecule has 1 N–H and O–H groups in total. The summed E-state index contributed by atoms with van der Waals surface area (Å²) in [6, 6.07) is 4.54. The minimum absolute atomic E-state index is 0.156. The average molecular weight is 275 g/mol. The van der Waals surface area contributed by atoms with Crippen LogP contribution in [-0.2, 0) is 0 Å². The van der Waals surface area contributed by atoms with E-state index in [9.17, 15) is 9.50 Å². The Morgan fingerprint density at radius 3 is 2.60 bits per heavy atom. The van der Waals surface area contributed by atoms with Crippen LogP contribution in [-0.4, -0.2) is 5.11 Å². The Morgan fingerprint density at radius 2 is 2.07 bits per heavy atom. The molecule has 0 spiro atoms. The van der Waals surface area contributed by atoms with Crippen molar-refractivity contribution in [3.8, 4) is 0 Å². The van der Waals surface area contributed by atoms with Crippen LogP contribution >= 0.6 is 15.9 Å². The summed E-state index contributed by atoms with van der Waals surface area (Å²) in [5, 5.41) is 9.98. The molecular formula is C12H16BrFO. The van der Waals surface area contributed by atoms with Crippen LogP contribution in [0.4, 0.5) is 4.39 Å². The number of aliphatic hydroxyl groups is 1. The van der Waals surface area contributed by atoms with Crippen molar-refractivity contribution < 1.29 is 9.50 Å². The standard InChI is InChI=1S/C12H16BrFO/c1-3-4-8(2)12(15)9-5-10(13)7-11(14)6-9/h5-8,12,15H,3-4H2,1-2H3. The fourth-order valence-corrected chi connectivity index (χ4v) is 2.17. The highest BCUT2D eigenvalue weighted by Gasteiger charge is 2.16. The Morgan fingerprint density at radius 1 is 1.40 bits per heavy atom. The number of aliphatic hydroxyl groups excluding tert-OH is 1. The van der Waals surface area contributed by atoms with Gasteiger partial charge in [0.1, 0.15) is 5.82 Å². The molecule has 0 bridgehead atoms. The predicted molar refractivity (Wildman–Crippen MR) is 63.1 cm³/mol. The first kappa shape index (κ1) is 12.7. The molecule has 84 valence electrons. The van der Waals surface area contributed by atoms with Gasteiger partial charge in [-0.1, -0.05) is 36.2 Å². The second-order valence-electron chi connectivity index (χ2n) is 3.91. The third kappa shape index (κ3) is 3.58. The molecule has 2 atom stereocenters. The fraction of sp³-hybridized carbons (Fsp3) is 0.500. The van der Waals surface area contributed by atoms with E-state index in [1.807, 2.05) is 6.92 Å². The van der Waals surface area contributed by atoms with Crippen LogP contribution in [0.3, 0.4) is 0 Å². The Bertz CT molecular complexity index is 307. The van der Waals surface area contributed by atoms with E-state index in [1.54, 1.807) is 6.07 Å². The zero-order chi connectivity index (χ0) is 11.4. The van der Waals surface area contributed by atoms with E-state index in [2.05, 4.69) is 22.9 Å². The van der Waals surface area contributed by atoms with Crippen molar-refractivity contribution in [1.29, 1.82) is 0 Å². The first-order chi connectivity index (χ1) is 7.04. The molecule has 2 unspecified atom stereocenters. The monoisotopic (exact) mass is 274 g/mol. The van der Waals surface area contributed by atoms with Gasteiger partial charge in [-0.2, -0.15) is 0 Å². The van der Waals surface area contributed by atoms with Gasteiger partial charge >= 0.3 is 0 Å². The normalized spacial score (nSPS) is 15.0. The second kappa shape index (κ2) is 5.61. The fourth-order valence-electron chi connectivity index (χ4n) is 1.69. The van der Waals surface area contributed by atoms with Crippen LogP contribution in [0.2, 0.25) is 0 Å². The Kier molecular flexibility index (Phi) is 4.74. The second-order valence-corrected chi connectivity index (χ2v) is 4.83. The number of halogens is 2. The van der Waals surface area contributed by atoms with Gasteiger partial charge in [-0.25, -0.2) is 4.39 Å². The SMILES string of the molecule is CCCC(C)C(O)c1cc(F)cc(Br)c1. The van der Waals surface area contributed by atoms with Crippen LogP contribution in [0.5, 0.6) is 0 Å². The predicted octanol–water partition coefficient (Wildman–Crippen LogP) is 4.06. The first-order valence-electron chi connectivity index (χ1n) is 5.18.